The van der Waals surface area contributed by atoms with Crippen LogP contribution in [0.4, 0.5) is 5.69 Å². The van der Waals surface area contributed by atoms with E-state index >= 15 is 0 Å². The molecular weight excluding hydrogens is 384 g/mol. The normalized spacial score (nSPS) is 10.6. The number of hydrogen-bond donors (Lipinski definition) is 1. The molecule has 128 valence electrons. The number of aryl methyl sites for hydroxylation is 1. The number of amides is 1. The molecule has 7 heteroatoms. The summed E-state index contributed by atoms with van der Waals surface area (Å²) in [6.07, 6.45) is 3.16. The van der Waals surface area contributed by atoms with Crippen LogP contribution < -0.4 is 10.1 Å². The molecule has 6 nitrogen and oxygen atoms in total. The molecule has 0 radical (unpaired) electrons. The second-order valence-corrected chi connectivity index (χ2v) is 6.27. The van der Waals surface area contributed by atoms with E-state index in [2.05, 4.69) is 31.3 Å². The summed E-state index contributed by atoms with van der Waals surface area (Å²) in [4.78, 5) is 16.4. The van der Waals surface area contributed by atoms with Gasteiger partial charge in [0.2, 0.25) is 0 Å². The van der Waals surface area contributed by atoms with Gasteiger partial charge in [-0.05, 0) is 54.0 Å². The summed E-state index contributed by atoms with van der Waals surface area (Å²) in [5.41, 5.74) is 3.89. The Morgan fingerprint density at radius 1 is 1.20 bits per heavy atom. The van der Waals surface area contributed by atoms with Crippen LogP contribution in [0.5, 0.6) is 5.75 Å². The van der Waals surface area contributed by atoms with Gasteiger partial charge in [-0.1, -0.05) is 0 Å². The minimum absolute atomic E-state index is 0.229. The third-order valence-electron chi connectivity index (χ3n) is 3.83. The second-order valence-electron chi connectivity index (χ2n) is 5.47. The first-order valence-corrected chi connectivity index (χ1v) is 8.42. The van der Waals surface area contributed by atoms with Crippen molar-refractivity contribution in [2.24, 2.45) is 0 Å². The SMILES string of the molecule is COc1ccncc1NC(=O)c1ccc(-n2nc(C)c(Br)c2C)cc1. The quantitative estimate of drug-likeness (QED) is 0.720. The van der Waals surface area contributed by atoms with Crippen molar-refractivity contribution in [2.75, 3.05) is 12.4 Å². The van der Waals surface area contributed by atoms with Gasteiger partial charge < -0.3 is 10.1 Å². The molecule has 0 unspecified atom stereocenters. The van der Waals surface area contributed by atoms with Crippen molar-refractivity contribution in [1.29, 1.82) is 0 Å². The lowest BCUT2D eigenvalue weighted by Crippen LogP contribution is -2.13. The van der Waals surface area contributed by atoms with Crippen LogP contribution in [0.1, 0.15) is 21.7 Å². The average Bonchev–Trinajstić information content (AvgIpc) is 2.89. The molecule has 2 aromatic heterocycles. The highest BCUT2D eigenvalue weighted by molar-refractivity contribution is 9.10. The van der Waals surface area contributed by atoms with Gasteiger partial charge in [-0.25, -0.2) is 4.68 Å². The fraction of sp³-hybridized carbons (Fsp3) is 0.167. The van der Waals surface area contributed by atoms with Crippen LogP contribution in [-0.2, 0) is 0 Å². The standard InChI is InChI=1S/C18H17BrN4O2/c1-11-17(19)12(2)23(22-11)14-6-4-13(5-7-14)18(24)21-15-10-20-9-8-16(15)25-3/h4-10H,1-3H3,(H,21,24). The highest BCUT2D eigenvalue weighted by Gasteiger charge is 2.12. The number of nitrogens with zero attached hydrogens (tertiary/aromatic N) is 3. The second kappa shape index (κ2) is 7.06. The number of rotatable bonds is 4. The third-order valence-corrected chi connectivity index (χ3v) is 4.97. The first-order chi connectivity index (χ1) is 12.0. The molecule has 0 saturated carbocycles. The van der Waals surface area contributed by atoms with Gasteiger partial charge in [0.1, 0.15) is 11.4 Å². The van der Waals surface area contributed by atoms with Crippen LogP contribution >= 0.6 is 15.9 Å². The highest BCUT2D eigenvalue weighted by Crippen LogP contribution is 2.24. The first-order valence-electron chi connectivity index (χ1n) is 7.62. The lowest BCUT2D eigenvalue weighted by Gasteiger charge is -2.10. The fourth-order valence-corrected chi connectivity index (χ4v) is 2.72. The van der Waals surface area contributed by atoms with Crippen LogP contribution in [0.25, 0.3) is 5.69 Å². The Balaban J connectivity index is 1.82. The van der Waals surface area contributed by atoms with Gasteiger partial charge in [0.25, 0.3) is 5.91 Å². The molecule has 2 heterocycles. The van der Waals surface area contributed by atoms with Gasteiger partial charge in [0.05, 0.1) is 34.9 Å². The minimum Gasteiger partial charge on any atom is -0.494 e. The molecule has 0 atom stereocenters. The van der Waals surface area contributed by atoms with Crippen LogP contribution in [0, 0.1) is 13.8 Å². The van der Waals surface area contributed by atoms with Crippen molar-refractivity contribution in [1.82, 2.24) is 14.8 Å². The zero-order valence-electron chi connectivity index (χ0n) is 14.1. The molecule has 1 aromatic carbocycles. The fourth-order valence-electron chi connectivity index (χ4n) is 2.48. The maximum absolute atomic E-state index is 12.4. The Morgan fingerprint density at radius 3 is 2.52 bits per heavy atom. The summed E-state index contributed by atoms with van der Waals surface area (Å²) in [6.45, 7) is 3.93. The van der Waals surface area contributed by atoms with E-state index in [0.29, 0.717) is 17.0 Å². The summed E-state index contributed by atoms with van der Waals surface area (Å²) >= 11 is 3.52. The Morgan fingerprint density at radius 2 is 1.92 bits per heavy atom. The van der Waals surface area contributed by atoms with E-state index in [4.69, 9.17) is 4.74 Å². The molecule has 0 bridgehead atoms. The third kappa shape index (κ3) is 3.41. The van der Waals surface area contributed by atoms with Crippen molar-refractivity contribution in [2.45, 2.75) is 13.8 Å². The maximum Gasteiger partial charge on any atom is 0.255 e. The minimum atomic E-state index is -0.229. The number of anilines is 1. The highest BCUT2D eigenvalue weighted by atomic mass is 79.9. The summed E-state index contributed by atoms with van der Waals surface area (Å²) in [6, 6.07) is 8.94. The topological polar surface area (TPSA) is 69.0 Å². The number of aromatic nitrogens is 3. The molecule has 0 saturated heterocycles. The lowest BCUT2D eigenvalue weighted by molar-refractivity contribution is 0.102. The lowest BCUT2D eigenvalue weighted by atomic mass is 10.2. The Kier molecular flexibility index (Phi) is 4.85. The number of benzene rings is 1. The van der Waals surface area contributed by atoms with Gasteiger partial charge in [0, 0.05) is 17.8 Å². The molecule has 3 aromatic rings. The first kappa shape index (κ1) is 17.2. The number of nitrogens with one attached hydrogen (secondary N) is 1. The number of halogens is 1. The maximum atomic E-state index is 12.4. The number of carbonyl (C=O) groups is 1. The Bertz CT molecular complexity index is 919. The van der Waals surface area contributed by atoms with E-state index in [1.807, 2.05) is 30.7 Å². The molecule has 0 spiro atoms. The van der Waals surface area contributed by atoms with Crippen molar-refractivity contribution in [3.8, 4) is 11.4 Å². The van der Waals surface area contributed by atoms with Gasteiger partial charge in [-0.15, -0.1) is 0 Å². The van der Waals surface area contributed by atoms with Crippen LogP contribution in [0.15, 0.2) is 47.2 Å². The van der Waals surface area contributed by atoms with Crippen molar-refractivity contribution in [3.63, 3.8) is 0 Å². The number of hydrogen-bond acceptors (Lipinski definition) is 4. The van der Waals surface area contributed by atoms with Gasteiger partial charge in [0.15, 0.2) is 0 Å². The number of pyridine rings is 1. The van der Waals surface area contributed by atoms with Crippen LogP contribution in [0.3, 0.4) is 0 Å². The summed E-state index contributed by atoms with van der Waals surface area (Å²) in [5, 5.41) is 7.29. The van der Waals surface area contributed by atoms with E-state index in [1.54, 1.807) is 37.7 Å². The van der Waals surface area contributed by atoms with Gasteiger partial charge >= 0.3 is 0 Å². The monoisotopic (exact) mass is 400 g/mol. The van der Waals surface area contributed by atoms with Gasteiger partial charge in [-0.2, -0.15) is 5.10 Å². The Labute approximate surface area is 154 Å². The van der Waals surface area contributed by atoms with E-state index in [0.717, 1.165) is 21.5 Å². The average molecular weight is 401 g/mol. The largest absolute Gasteiger partial charge is 0.494 e. The molecule has 25 heavy (non-hydrogen) atoms. The zero-order chi connectivity index (χ0) is 18.0. The number of methoxy groups -OCH3 is 1. The Hall–Kier alpha value is -2.67. The molecule has 0 aliphatic carbocycles. The van der Waals surface area contributed by atoms with Crippen molar-refractivity contribution in [3.05, 3.63) is 64.1 Å². The van der Waals surface area contributed by atoms with Crippen LogP contribution in [-0.4, -0.2) is 27.8 Å². The predicted molar refractivity (Wildman–Crippen MR) is 99.5 cm³/mol. The molecule has 0 fully saturated rings. The predicted octanol–water partition coefficient (Wildman–Crippen LogP) is 3.91. The molecule has 3 rings (SSSR count). The summed E-state index contributed by atoms with van der Waals surface area (Å²) < 4.78 is 8.04. The molecular formula is C18H17BrN4O2. The van der Waals surface area contributed by atoms with E-state index in [1.165, 1.54) is 0 Å². The molecule has 0 aliphatic heterocycles. The van der Waals surface area contributed by atoms with E-state index in [-0.39, 0.29) is 5.91 Å². The van der Waals surface area contributed by atoms with Crippen molar-refractivity contribution >= 4 is 27.5 Å². The number of ether oxygens (including phenoxy) is 1. The van der Waals surface area contributed by atoms with E-state index in [9.17, 15) is 4.79 Å². The van der Waals surface area contributed by atoms with E-state index < -0.39 is 0 Å². The molecule has 1 amide bonds. The zero-order valence-corrected chi connectivity index (χ0v) is 15.7. The molecule has 0 aliphatic rings. The van der Waals surface area contributed by atoms with Crippen LogP contribution in [0.2, 0.25) is 0 Å². The number of carbonyl (C=O) groups excluding carboxylic acids is 1. The smallest absolute Gasteiger partial charge is 0.255 e. The molecule has 1 N–H and O–H groups in total. The summed E-state index contributed by atoms with van der Waals surface area (Å²) in [7, 11) is 1.55. The van der Waals surface area contributed by atoms with Crippen molar-refractivity contribution < 1.29 is 9.53 Å². The summed E-state index contributed by atoms with van der Waals surface area (Å²) in [5.74, 6) is 0.333. The van der Waals surface area contributed by atoms with Gasteiger partial charge in [-0.3, -0.25) is 9.78 Å².